The van der Waals surface area contributed by atoms with Gasteiger partial charge in [0, 0.05) is 5.57 Å². The van der Waals surface area contributed by atoms with Crippen molar-refractivity contribution in [2.45, 2.75) is 60.3 Å². The van der Waals surface area contributed by atoms with E-state index in [1.165, 1.54) is 5.57 Å². The van der Waals surface area contributed by atoms with Crippen molar-refractivity contribution in [3.63, 3.8) is 0 Å². The van der Waals surface area contributed by atoms with Crippen molar-refractivity contribution in [1.82, 2.24) is 0 Å². The molecular formula is C14H24O2. The second-order valence-corrected chi connectivity index (χ2v) is 6.34. The summed E-state index contributed by atoms with van der Waals surface area (Å²) in [6.45, 7) is 10.9. The molecule has 0 spiro atoms. The molecule has 0 fully saturated rings. The summed E-state index contributed by atoms with van der Waals surface area (Å²) in [7, 11) is 0. The average molecular weight is 224 g/mol. The molecule has 0 amide bonds. The minimum absolute atomic E-state index is 0.0405. The molecule has 0 bridgehead atoms. The van der Waals surface area contributed by atoms with Crippen LogP contribution in [0.2, 0.25) is 0 Å². The molecule has 0 radical (unpaired) electrons. The van der Waals surface area contributed by atoms with Gasteiger partial charge >= 0.3 is 5.97 Å². The van der Waals surface area contributed by atoms with E-state index in [0.717, 1.165) is 25.7 Å². The van der Waals surface area contributed by atoms with Crippen molar-refractivity contribution in [1.29, 1.82) is 0 Å². The van der Waals surface area contributed by atoms with E-state index in [4.69, 9.17) is 0 Å². The number of carboxylic acids is 1. The first-order valence-electron chi connectivity index (χ1n) is 6.13. The zero-order valence-corrected chi connectivity index (χ0v) is 11.2. The Hall–Kier alpha value is -0.790. The largest absolute Gasteiger partial charge is 0.478 e. The first-order valence-corrected chi connectivity index (χ1v) is 6.13. The molecule has 0 aromatic carbocycles. The SMILES string of the molecule is CC(C)(C)C(C)(C)C1=C(C(=O)O)CCCC1. The van der Waals surface area contributed by atoms with Crippen LogP contribution in [0.4, 0.5) is 0 Å². The second-order valence-electron chi connectivity index (χ2n) is 6.34. The van der Waals surface area contributed by atoms with Gasteiger partial charge in [-0.15, -0.1) is 0 Å². The minimum Gasteiger partial charge on any atom is -0.478 e. The van der Waals surface area contributed by atoms with Crippen LogP contribution in [-0.2, 0) is 4.79 Å². The van der Waals surface area contributed by atoms with Gasteiger partial charge in [0.15, 0.2) is 0 Å². The van der Waals surface area contributed by atoms with Gasteiger partial charge in [-0.2, -0.15) is 0 Å². The molecule has 2 heteroatoms. The molecule has 2 nitrogen and oxygen atoms in total. The molecule has 0 heterocycles. The van der Waals surface area contributed by atoms with E-state index in [2.05, 4.69) is 34.6 Å². The normalized spacial score (nSPS) is 18.8. The highest BCUT2D eigenvalue weighted by Gasteiger charge is 2.39. The average Bonchev–Trinajstić information content (AvgIpc) is 2.16. The Kier molecular flexibility index (Phi) is 3.51. The molecule has 0 aliphatic heterocycles. The molecule has 0 atom stereocenters. The Morgan fingerprint density at radius 3 is 2.00 bits per heavy atom. The molecule has 0 saturated heterocycles. The molecule has 1 aliphatic carbocycles. The van der Waals surface area contributed by atoms with Crippen LogP contribution in [0.15, 0.2) is 11.1 Å². The van der Waals surface area contributed by atoms with E-state index in [9.17, 15) is 9.90 Å². The smallest absolute Gasteiger partial charge is 0.331 e. The van der Waals surface area contributed by atoms with E-state index in [-0.39, 0.29) is 10.8 Å². The predicted molar refractivity (Wildman–Crippen MR) is 66.4 cm³/mol. The molecule has 1 N–H and O–H groups in total. The van der Waals surface area contributed by atoms with Crippen molar-refractivity contribution in [3.05, 3.63) is 11.1 Å². The summed E-state index contributed by atoms with van der Waals surface area (Å²) in [5, 5.41) is 9.28. The molecule has 0 aromatic rings. The van der Waals surface area contributed by atoms with Crippen molar-refractivity contribution in [2.24, 2.45) is 10.8 Å². The third-order valence-corrected chi connectivity index (χ3v) is 4.36. The van der Waals surface area contributed by atoms with Crippen LogP contribution < -0.4 is 0 Å². The molecule has 1 rings (SSSR count). The third-order valence-electron chi connectivity index (χ3n) is 4.36. The summed E-state index contributed by atoms with van der Waals surface area (Å²) in [4.78, 5) is 11.3. The van der Waals surface area contributed by atoms with Crippen molar-refractivity contribution >= 4 is 5.97 Å². The second kappa shape index (κ2) is 4.23. The number of hydrogen-bond donors (Lipinski definition) is 1. The van der Waals surface area contributed by atoms with Crippen LogP contribution in [0.3, 0.4) is 0 Å². The Morgan fingerprint density at radius 1 is 1.06 bits per heavy atom. The maximum atomic E-state index is 11.3. The van der Waals surface area contributed by atoms with Crippen molar-refractivity contribution < 1.29 is 9.90 Å². The molecular weight excluding hydrogens is 200 g/mol. The number of hydrogen-bond acceptors (Lipinski definition) is 1. The van der Waals surface area contributed by atoms with Gasteiger partial charge in [-0.25, -0.2) is 4.79 Å². The third kappa shape index (κ3) is 2.31. The van der Waals surface area contributed by atoms with Gasteiger partial charge in [0.25, 0.3) is 0 Å². The Morgan fingerprint density at radius 2 is 1.56 bits per heavy atom. The number of allylic oxidation sites excluding steroid dienone is 1. The van der Waals surface area contributed by atoms with E-state index in [0.29, 0.717) is 5.57 Å². The fourth-order valence-corrected chi connectivity index (χ4v) is 2.28. The highest BCUT2D eigenvalue weighted by molar-refractivity contribution is 5.88. The van der Waals surface area contributed by atoms with Crippen molar-refractivity contribution in [2.75, 3.05) is 0 Å². The Bertz CT molecular complexity index is 316. The van der Waals surface area contributed by atoms with Gasteiger partial charge in [-0.3, -0.25) is 0 Å². The van der Waals surface area contributed by atoms with E-state index >= 15 is 0 Å². The van der Waals surface area contributed by atoms with Crippen LogP contribution in [0, 0.1) is 10.8 Å². The van der Waals surface area contributed by atoms with Crippen molar-refractivity contribution in [3.8, 4) is 0 Å². The van der Waals surface area contributed by atoms with Crippen LogP contribution in [-0.4, -0.2) is 11.1 Å². The van der Waals surface area contributed by atoms with Crippen LogP contribution in [0.1, 0.15) is 60.3 Å². The maximum Gasteiger partial charge on any atom is 0.331 e. The summed E-state index contributed by atoms with van der Waals surface area (Å²) in [5.74, 6) is -0.716. The maximum absolute atomic E-state index is 11.3. The lowest BCUT2D eigenvalue weighted by molar-refractivity contribution is -0.133. The van der Waals surface area contributed by atoms with E-state index < -0.39 is 5.97 Å². The number of carboxylic acid groups (broad SMARTS) is 1. The molecule has 16 heavy (non-hydrogen) atoms. The fraction of sp³-hybridized carbons (Fsp3) is 0.786. The predicted octanol–water partition coefficient (Wildman–Crippen LogP) is 4.01. The Balaban J connectivity index is 3.22. The summed E-state index contributed by atoms with van der Waals surface area (Å²) in [5.41, 5.74) is 1.89. The lowest BCUT2D eigenvalue weighted by Gasteiger charge is -2.43. The van der Waals surface area contributed by atoms with Gasteiger partial charge < -0.3 is 5.11 Å². The monoisotopic (exact) mass is 224 g/mol. The molecule has 0 unspecified atom stereocenters. The highest BCUT2D eigenvalue weighted by atomic mass is 16.4. The fourth-order valence-electron chi connectivity index (χ4n) is 2.28. The van der Waals surface area contributed by atoms with Gasteiger partial charge in [0.1, 0.15) is 0 Å². The number of carbonyl (C=O) groups is 1. The first kappa shape index (κ1) is 13.3. The zero-order valence-electron chi connectivity index (χ0n) is 11.2. The lowest BCUT2D eigenvalue weighted by atomic mass is 9.61. The number of aliphatic carboxylic acids is 1. The lowest BCUT2D eigenvalue weighted by Crippen LogP contribution is -2.34. The van der Waals surface area contributed by atoms with Gasteiger partial charge in [0.05, 0.1) is 0 Å². The summed E-state index contributed by atoms with van der Waals surface area (Å²) in [6.07, 6.45) is 3.84. The van der Waals surface area contributed by atoms with E-state index in [1.807, 2.05) is 0 Å². The van der Waals surface area contributed by atoms with Gasteiger partial charge in [-0.05, 0) is 36.5 Å². The minimum atomic E-state index is -0.716. The molecule has 1 aliphatic rings. The van der Waals surface area contributed by atoms with Crippen LogP contribution in [0.5, 0.6) is 0 Å². The Labute approximate surface area is 98.7 Å². The highest BCUT2D eigenvalue weighted by Crippen LogP contribution is 2.48. The first-order chi connectivity index (χ1) is 7.18. The number of rotatable bonds is 2. The molecule has 92 valence electrons. The van der Waals surface area contributed by atoms with Crippen LogP contribution >= 0.6 is 0 Å². The topological polar surface area (TPSA) is 37.3 Å². The van der Waals surface area contributed by atoms with Gasteiger partial charge in [-0.1, -0.05) is 40.2 Å². The quantitative estimate of drug-likeness (QED) is 0.769. The summed E-state index contributed by atoms with van der Waals surface area (Å²) < 4.78 is 0. The molecule has 0 aromatic heterocycles. The summed E-state index contributed by atoms with van der Waals surface area (Å²) in [6, 6.07) is 0. The zero-order chi connectivity index (χ0) is 12.6. The molecule has 0 saturated carbocycles. The van der Waals surface area contributed by atoms with Crippen LogP contribution in [0.25, 0.3) is 0 Å². The summed E-state index contributed by atoms with van der Waals surface area (Å²) >= 11 is 0. The van der Waals surface area contributed by atoms with E-state index in [1.54, 1.807) is 0 Å². The standard InChI is InChI=1S/C14H24O2/c1-13(2,3)14(4,5)11-9-7-6-8-10(11)12(15)16/h6-9H2,1-5H3,(H,15,16). The van der Waals surface area contributed by atoms with Gasteiger partial charge in [0.2, 0.25) is 0 Å².